The molecule has 4 heteroatoms. The van der Waals surface area contributed by atoms with E-state index in [1.54, 1.807) is 25.1 Å². The highest BCUT2D eigenvalue weighted by molar-refractivity contribution is 6.04. The summed E-state index contributed by atoms with van der Waals surface area (Å²) in [5, 5.41) is 2.69. The average Bonchev–Trinajstić information content (AvgIpc) is 2.57. The lowest BCUT2D eigenvalue weighted by molar-refractivity contribution is -0.115. The lowest BCUT2D eigenvalue weighted by atomic mass is 10.1. The fraction of sp³-hybridized carbons (Fsp3) is 0.273. The number of amides is 1. The zero-order valence-corrected chi connectivity index (χ0v) is 8.37. The van der Waals surface area contributed by atoms with Gasteiger partial charge in [-0.25, -0.2) is 4.79 Å². The number of nitrogens with one attached hydrogen (secondary N) is 1. The number of ether oxygens (including phenoxy) is 1. The van der Waals surface area contributed by atoms with Crippen molar-refractivity contribution in [3.63, 3.8) is 0 Å². The maximum Gasteiger partial charge on any atom is 0.338 e. The normalized spacial score (nSPS) is 13.3. The van der Waals surface area contributed by atoms with E-state index in [0.717, 1.165) is 5.56 Å². The lowest BCUT2D eigenvalue weighted by Crippen LogP contribution is -2.07. The molecule has 0 atom stereocenters. The molecule has 0 fully saturated rings. The molecule has 0 aliphatic carbocycles. The molecule has 0 saturated heterocycles. The van der Waals surface area contributed by atoms with Gasteiger partial charge in [-0.3, -0.25) is 4.79 Å². The van der Waals surface area contributed by atoms with Crippen molar-refractivity contribution in [2.24, 2.45) is 0 Å². The summed E-state index contributed by atoms with van der Waals surface area (Å²) in [4.78, 5) is 22.7. The molecule has 1 amide bonds. The van der Waals surface area contributed by atoms with Crippen LogP contribution in [0.2, 0.25) is 0 Å². The molecule has 1 aromatic carbocycles. The topological polar surface area (TPSA) is 55.4 Å². The first kappa shape index (κ1) is 9.71. The molecule has 15 heavy (non-hydrogen) atoms. The Morgan fingerprint density at radius 3 is 3.07 bits per heavy atom. The number of esters is 1. The van der Waals surface area contributed by atoms with E-state index < -0.39 is 0 Å². The van der Waals surface area contributed by atoms with E-state index in [1.807, 2.05) is 0 Å². The number of rotatable bonds is 2. The van der Waals surface area contributed by atoms with Crippen molar-refractivity contribution in [3.8, 4) is 0 Å². The van der Waals surface area contributed by atoms with Crippen molar-refractivity contribution in [2.75, 3.05) is 11.9 Å². The number of carbonyl (C=O) groups is 2. The molecule has 0 aromatic heterocycles. The fourth-order valence-corrected chi connectivity index (χ4v) is 1.65. The lowest BCUT2D eigenvalue weighted by Gasteiger charge is -2.05. The minimum atomic E-state index is -0.370. The second-order valence-corrected chi connectivity index (χ2v) is 3.28. The summed E-state index contributed by atoms with van der Waals surface area (Å²) in [6, 6.07) is 5.19. The Hall–Kier alpha value is -1.84. The quantitative estimate of drug-likeness (QED) is 0.741. The van der Waals surface area contributed by atoms with Gasteiger partial charge in [0.15, 0.2) is 0 Å². The van der Waals surface area contributed by atoms with Crippen molar-refractivity contribution < 1.29 is 14.3 Å². The van der Waals surface area contributed by atoms with Crippen molar-refractivity contribution >= 4 is 17.6 Å². The van der Waals surface area contributed by atoms with Gasteiger partial charge in [0.2, 0.25) is 5.91 Å². The first-order valence-electron chi connectivity index (χ1n) is 4.81. The summed E-state index contributed by atoms with van der Waals surface area (Å²) in [5.41, 5.74) is 1.93. The molecular formula is C11H11NO3. The van der Waals surface area contributed by atoms with Gasteiger partial charge in [0.05, 0.1) is 18.6 Å². The Balaban J connectivity index is 2.38. The number of hydrogen-bond donors (Lipinski definition) is 1. The number of anilines is 1. The summed E-state index contributed by atoms with van der Waals surface area (Å²) in [5.74, 6) is -0.451. The third kappa shape index (κ3) is 1.70. The number of hydrogen-bond acceptors (Lipinski definition) is 3. The van der Waals surface area contributed by atoms with Gasteiger partial charge in [0.1, 0.15) is 0 Å². The third-order valence-electron chi connectivity index (χ3n) is 2.28. The van der Waals surface area contributed by atoms with Crippen LogP contribution < -0.4 is 5.32 Å². The van der Waals surface area contributed by atoms with Gasteiger partial charge in [0, 0.05) is 5.69 Å². The van der Waals surface area contributed by atoms with Crippen molar-refractivity contribution in [3.05, 3.63) is 29.3 Å². The Kier molecular flexibility index (Phi) is 2.41. The molecule has 1 aromatic rings. The highest BCUT2D eigenvalue weighted by Crippen LogP contribution is 2.26. The van der Waals surface area contributed by atoms with E-state index in [2.05, 4.69) is 5.32 Å². The SMILES string of the molecule is CCOC(=O)c1cccc2c1CC(=O)N2. The van der Waals surface area contributed by atoms with E-state index in [4.69, 9.17) is 4.74 Å². The summed E-state index contributed by atoms with van der Waals surface area (Å²) in [7, 11) is 0. The molecule has 0 radical (unpaired) electrons. The molecule has 0 spiro atoms. The molecular weight excluding hydrogens is 194 g/mol. The molecule has 4 nitrogen and oxygen atoms in total. The van der Waals surface area contributed by atoms with E-state index in [-0.39, 0.29) is 18.3 Å². The second kappa shape index (κ2) is 3.73. The number of carbonyl (C=O) groups excluding carboxylic acids is 2. The van der Waals surface area contributed by atoms with E-state index in [1.165, 1.54) is 0 Å². The van der Waals surface area contributed by atoms with Crippen LogP contribution in [0.5, 0.6) is 0 Å². The minimum absolute atomic E-state index is 0.0817. The predicted molar refractivity (Wildman–Crippen MR) is 54.7 cm³/mol. The third-order valence-corrected chi connectivity index (χ3v) is 2.28. The largest absolute Gasteiger partial charge is 0.462 e. The van der Waals surface area contributed by atoms with Gasteiger partial charge in [-0.15, -0.1) is 0 Å². The van der Waals surface area contributed by atoms with Crippen LogP contribution in [0.1, 0.15) is 22.8 Å². The first-order valence-corrected chi connectivity index (χ1v) is 4.81. The Morgan fingerprint density at radius 2 is 2.33 bits per heavy atom. The van der Waals surface area contributed by atoms with Crippen LogP contribution in [0.4, 0.5) is 5.69 Å². The van der Waals surface area contributed by atoms with Crippen LogP contribution in [-0.2, 0) is 16.0 Å². The van der Waals surface area contributed by atoms with Crippen LogP contribution in [0, 0.1) is 0 Å². The second-order valence-electron chi connectivity index (χ2n) is 3.28. The van der Waals surface area contributed by atoms with Gasteiger partial charge in [0.25, 0.3) is 0 Å². The van der Waals surface area contributed by atoms with Gasteiger partial charge >= 0.3 is 5.97 Å². The Labute approximate surface area is 87.2 Å². The monoisotopic (exact) mass is 205 g/mol. The Bertz CT molecular complexity index is 426. The molecule has 0 bridgehead atoms. The molecule has 1 heterocycles. The van der Waals surface area contributed by atoms with E-state index in [0.29, 0.717) is 17.9 Å². The minimum Gasteiger partial charge on any atom is -0.462 e. The number of benzene rings is 1. The standard InChI is InChI=1S/C11H11NO3/c1-2-15-11(14)7-4-3-5-9-8(7)6-10(13)12-9/h3-5H,2,6H2,1H3,(H,12,13). The molecule has 2 rings (SSSR count). The van der Waals surface area contributed by atoms with E-state index in [9.17, 15) is 9.59 Å². The van der Waals surface area contributed by atoms with Crippen molar-refractivity contribution in [1.29, 1.82) is 0 Å². The predicted octanol–water partition coefficient (Wildman–Crippen LogP) is 1.36. The van der Waals surface area contributed by atoms with Gasteiger partial charge in [-0.1, -0.05) is 6.07 Å². The highest BCUT2D eigenvalue weighted by Gasteiger charge is 2.23. The maximum atomic E-state index is 11.5. The molecule has 0 saturated carbocycles. The summed E-state index contributed by atoms with van der Waals surface area (Å²) < 4.78 is 4.91. The highest BCUT2D eigenvalue weighted by atomic mass is 16.5. The number of fused-ring (bicyclic) bond motifs is 1. The van der Waals surface area contributed by atoms with Crippen LogP contribution in [0.25, 0.3) is 0 Å². The van der Waals surface area contributed by atoms with Crippen molar-refractivity contribution in [2.45, 2.75) is 13.3 Å². The molecule has 1 N–H and O–H groups in total. The molecule has 1 aliphatic heterocycles. The molecule has 1 aliphatic rings. The maximum absolute atomic E-state index is 11.5. The van der Waals surface area contributed by atoms with Gasteiger partial charge in [-0.2, -0.15) is 0 Å². The van der Waals surface area contributed by atoms with Gasteiger partial charge < -0.3 is 10.1 Å². The van der Waals surface area contributed by atoms with Crippen LogP contribution in [0.15, 0.2) is 18.2 Å². The molecule has 78 valence electrons. The fourth-order valence-electron chi connectivity index (χ4n) is 1.65. The van der Waals surface area contributed by atoms with Crippen molar-refractivity contribution in [1.82, 2.24) is 0 Å². The molecule has 0 unspecified atom stereocenters. The summed E-state index contributed by atoms with van der Waals surface area (Å²) in [6.45, 7) is 2.09. The van der Waals surface area contributed by atoms with Gasteiger partial charge in [-0.05, 0) is 24.6 Å². The van der Waals surface area contributed by atoms with Crippen LogP contribution >= 0.6 is 0 Å². The zero-order chi connectivity index (χ0) is 10.8. The summed E-state index contributed by atoms with van der Waals surface area (Å²) in [6.07, 6.45) is 0.254. The van der Waals surface area contributed by atoms with Crippen LogP contribution in [0.3, 0.4) is 0 Å². The zero-order valence-electron chi connectivity index (χ0n) is 8.37. The average molecular weight is 205 g/mol. The summed E-state index contributed by atoms with van der Waals surface area (Å²) >= 11 is 0. The Morgan fingerprint density at radius 1 is 1.53 bits per heavy atom. The van der Waals surface area contributed by atoms with E-state index >= 15 is 0 Å². The smallest absolute Gasteiger partial charge is 0.338 e. The first-order chi connectivity index (χ1) is 7.22. The van der Waals surface area contributed by atoms with Crippen LogP contribution in [-0.4, -0.2) is 18.5 Å².